The van der Waals surface area contributed by atoms with Crippen LogP contribution in [-0.4, -0.2) is 40.3 Å². The van der Waals surface area contributed by atoms with E-state index in [1.54, 1.807) is 12.1 Å². The molecule has 2 aliphatic rings. The van der Waals surface area contributed by atoms with Crippen molar-refractivity contribution in [3.05, 3.63) is 57.5 Å². The van der Waals surface area contributed by atoms with Gasteiger partial charge in [-0.2, -0.15) is 0 Å². The second-order valence-electron chi connectivity index (χ2n) is 7.34. The molecule has 0 unspecified atom stereocenters. The number of rotatable bonds is 3. The molecule has 0 saturated carbocycles. The average Bonchev–Trinajstić information content (AvgIpc) is 2.90. The van der Waals surface area contributed by atoms with Crippen molar-refractivity contribution >= 4 is 5.91 Å². The van der Waals surface area contributed by atoms with Gasteiger partial charge in [-0.3, -0.25) is 14.2 Å². The van der Waals surface area contributed by atoms with E-state index in [-0.39, 0.29) is 18.1 Å². The monoisotopic (exact) mass is 402 g/mol. The summed E-state index contributed by atoms with van der Waals surface area (Å²) in [6.07, 6.45) is 1.88. The Morgan fingerprint density at radius 3 is 2.76 bits per heavy atom. The normalized spacial score (nSPS) is 18.1. The van der Waals surface area contributed by atoms with Gasteiger partial charge in [-0.05, 0) is 50.0 Å². The van der Waals surface area contributed by atoms with Gasteiger partial charge in [-0.25, -0.2) is 9.37 Å². The first-order valence-corrected chi connectivity index (χ1v) is 9.72. The molecule has 1 saturated heterocycles. The van der Waals surface area contributed by atoms with E-state index >= 15 is 0 Å². The number of aromatic hydroxyl groups is 1. The number of fused-ring (bicyclic) bond motifs is 2. The Morgan fingerprint density at radius 2 is 2.03 bits per heavy atom. The fourth-order valence-electron chi connectivity index (χ4n) is 3.88. The van der Waals surface area contributed by atoms with Crippen LogP contribution in [0.4, 0.5) is 4.39 Å². The molecule has 1 spiro atoms. The lowest BCUT2D eigenvalue weighted by Crippen LogP contribution is -2.45. The fraction of sp³-hybridized carbons (Fsp3) is 0.450. The molecular weight excluding hydrogens is 379 g/mol. The summed E-state index contributed by atoms with van der Waals surface area (Å²) in [5.74, 6) is -1.31. The maximum atomic E-state index is 13.0. The minimum absolute atomic E-state index is 0.115. The van der Waals surface area contributed by atoms with Crippen LogP contribution in [0.1, 0.15) is 41.1 Å². The van der Waals surface area contributed by atoms with E-state index < -0.39 is 22.8 Å². The molecule has 154 valence electrons. The molecule has 1 amide bonds. The lowest BCUT2D eigenvalue weighted by atomic mass is 9.90. The van der Waals surface area contributed by atoms with Crippen LogP contribution in [0, 0.1) is 5.82 Å². The second-order valence-corrected chi connectivity index (χ2v) is 7.34. The van der Waals surface area contributed by atoms with E-state index in [0.29, 0.717) is 56.9 Å². The van der Waals surface area contributed by atoms with Crippen LogP contribution < -0.4 is 16.2 Å². The van der Waals surface area contributed by atoms with Crippen molar-refractivity contribution in [2.75, 3.05) is 19.7 Å². The van der Waals surface area contributed by atoms with Crippen LogP contribution in [0.3, 0.4) is 0 Å². The molecule has 0 bridgehead atoms. The number of nitrogens with one attached hydrogen (secondary N) is 2. The summed E-state index contributed by atoms with van der Waals surface area (Å²) in [6, 6.07) is 5.69. The van der Waals surface area contributed by atoms with E-state index in [1.807, 2.05) is 0 Å². The van der Waals surface area contributed by atoms with E-state index in [0.717, 1.165) is 0 Å². The summed E-state index contributed by atoms with van der Waals surface area (Å²) < 4.78 is 20.6. The third-order valence-corrected chi connectivity index (χ3v) is 5.45. The van der Waals surface area contributed by atoms with Gasteiger partial charge in [0.25, 0.3) is 11.5 Å². The van der Waals surface area contributed by atoms with Gasteiger partial charge in [0.15, 0.2) is 5.69 Å². The molecule has 1 aromatic heterocycles. The first-order valence-electron chi connectivity index (χ1n) is 9.72. The summed E-state index contributed by atoms with van der Waals surface area (Å²) >= 11 is 0. The Balaban J connectivity index is 1.67. The first kappa shape index (κ1) is 19.5. The molecule has 0 radical (unpaired) electrons. The predicted octanol–water partition coefficient (Wildman–Crippen LogP) is 1.02. The highest BCUT2D eigenvalue weighted by molar-refractivity contribution is 5.94. The smallest absolute Gasteiger partial charge is 0.296 e. The molecule has 0 atom stereocenters. The molecule has 29 heavy (non-hydrogen) atoms. The number of carbonyl (C=O) groups excluding carboxylic acids is 1. The third kappa shape index (κ3) is 3.75. The van der Waals surface area contributed by atoms with Gasteiger partial charge in [0.2, 0.25) is 5.75 Å². The van der Waals surface area contributed by atoms with Crippen LogP contribution in [0.15, 0.2) is 29.1 Å². The number of carbonyl (C=O) groups is 1. The zero-order chi connectivity index (χ0) is 20.4. The lowest BCUT2D eigenvalue weighted by Gasteiger charge is -2.36. The van der Waals surface area contributed by atoms with Crippen LogP contribution in [-0.2, 0) is 23.4 Å². The maximum Gasteiger partial charge on any atom is 0.296 e. The minimum atomic E-state index is -0.749. The van der Waals surface area contributed by atoms with Crippen LogP contribution in [0.25, 0.3) is 0 Å². The molecule has 0 aliphatic carbocycles. The SMILES string of the molecule is O=C(NCc1ccc(F)cc1)c1nc2n(c(=O)c1O)CCCOC21CCNCC1. The molecular formula is C20H23FN4O4. The topological polar surface area (TPSA) is 105 Å². The summed E-state index contributed by atoms with van der Waals surface area (Å²) in [7, 11) is 0. The number of benzene rings is 1. The summed E-state index contributed by atoms with van der Waals surface area (Å²) in [4.78, 5) is 29.9. The first-order chi connectivity index (χ1) is 14.0. The van der Waals surface area contributed by atoms with Crippen molar-refractivity contribution in [2.45, 2.75) is 38.0 Å². The number of ether oxygens (including phenoxy) is 1. The number of nitrogens with zero attached hydrogens (tertiary/aromatic N) is 2. The van der Waals surface area contributed by atoms with Crippen molar-refractivity contribution in [3.8, 4) is 5.75 Å². The summed E-state index contributed by atoms with van der Waals surface area (Å²) in [5.41, 5.74) is -1.01. The highest BCUT2D eigenvalue weighted by atomic mass is 19.1. The fourth-order valence-corrected chi connectivity index (χ4v) is 3.88. The molecule has 8 nitrogen and oxygen atoms in total. The standard InChI is InChI=1S/C20H23FN4O4/c21-14-4-2-13(3-5-14)12-23-17(27)15-16(26)18(28)25-10-1-11-29-20(19(25)24-15)6-8-22-9-7-20/h2-5,22,26H,1,6-12H2,(H,23,27). The van der Waals surface area contributed by atoms with Crippen molar-refractivity contribution in [1.29, 1.82) is 0 Å². The molecule has 2 aromatic rings. The van der Waals surface area contributed by atoms with E-state index in [2.05, 4.69) is 15.6 Å². The van der Waals surface area contributed by atoms with Crippen molar-refractivity contribution < 1.29 is 19.0 Å². The van der Waals surface area contributed by atoms with Crippen molar-refractivity contribution in [1.82, 2.24) is 20.2 Å². The molecule has 2 aliphatic heterocycles. The maximum absolute atomic E-state index is 13.0. The molecule has 4 rings (SSSR count). The molecule has 9 heteroatoms. The highest BCUT2D eigenvalue weighted by Crippen LogP contribution is 2.35. The third-order valence-electron chi connectivity index (χ3n) is 5.45. The number of halogens is 1. The largest absolute Gasteiger partial charge is 0.501 e. The van der Waals surface area contributed by atoms with Crippen LogP contribution >= 0.6 is 0 Å². The summed E-state index contributed by atoms with van der Waals surface area (Å²) in [5, 5.41) is 16.3. The van der Waals surface area contributed by atoms with Gasteiger partial charge in [0, 0.05) is 19.7 Å². The minimum Gasteiger partial charge on any atom is -0.501 e. The number of hydrogen-bond acceptors (Lipinski definition) is 6. The lowest BCUT2D eigenvalue weighted by molar-refractivity contribution is -0.0731. The Kier molecular flexibility index (Phi) is 5.33. The van der Waals surface area contributed by atoms with Gasteiger partial charge < -0.3 is 20.5 Å². The van der Waals surface area contributed by atoms with Crippen LogP contribution in [0.2, 0.25) is 0 Å². The average molecular weight is 402 g/mol. The number of amides is 1. The Hall–Kier alpha value is -2.78. The van der Waals surface area contributed by atoms with Crippen LogP contribution in [0.5, 0.6) is 5.75 Å². The van der Waals surface area contributed by atoms with Crippen molar-refractivity contribution in [2.24, 2.45) is 0 Å². The van der Waals surface area contributed by atoms with E-state index in [9.17, 15) is 19.1 Å². The van der Waals surface area contributed by atoms with Gasteiger partial charge in [-0.15, -0.1) is 0 Å². The number of aromatic nitrogens is 2. The van der Waals surface area contributed by atoms with Gasteiger partial charge >= 0.3 is 0 Å². The zero-order valence-corrected chi connectivity index (χ0v) is 15.9. The number of hydrogen-bond donors (Lipinski definition) is 3. The molecule has 3 N–H and O–H groups in total. The quantitative estimate of drug-likeness (QED) is 0.708. The van der Waals surface area contributed by atoms with E-state index in [1.165, 1.54) is 16.7 Å². The van der Waals surface area contributed by atoms with Gasteiger partial charge in [-0.1, -0.05) is 12.1 Å². The van der Waals surface area contributed by atoms with E-state index in [4.69, 9.17) is 4.74 Å². The zero-order valence-electron chi connectivity index (χ0n) is 15.9. The number of piperidine rings is 1. The second kappa shape index (κ2) is 7.92. The summed E-state index contributed by atoms with van der Waals surface area (Å²) in [6.45, 7) is 2.40. The molecule has 1 aromatic carbocycles. The molecule has 1 fully saturated rings. The highest BCUT2D eigenvalue weighted by Gasteiger charge is 2.41. The Labute approximate surface area is 166 Å². The Bertz CT molecular complexity index is 968. The van der Waals surface area contributed by atoms with Gasteiger partial charge in [0.1, 0.15) is 17.2 Å². The predicted molar refractivity (Wildman–Crippen MR) is 102 cm³/mol. The van der Waals surface area contributed by atoms with Crippen molar-refractivity contribution in [3.63, 3.8) is 0 Å². The van der Waals surface area contributed by atoms with Gasteiger partial charge in [0.05, 0.1) is 0 Å². The molecule has 3 heterocycles. The Morgan fingerprint density at radius 1 is 1.31 bits per heavy atom.